The number of hydrogen-bond donors (Lipinski definition) is 1. The highest BCUT2D eigenvalue weighted by Crippen LogP contribution is 2.29. The largest absolute Gasteiger partial charge is 0.371 e. The van der Waals surface area contributed by atoms with Gasteiger partial charge in [-0.3, -0.25) is 9.48 Å². The Balaban J connectivity index is 1.49. The molecule has 1 fully saturated rings. The summed E-state index contributed by atoms with van der Waals surface area (Å²) in [5.41, 5.74) is 3.38. The standard InChI is InChI=1S/C18H23ClN4O/c1-13-3-4-16(19)8-17(13)23-6-5-14(12-23)9-20-18(24)7-15-10-21-22(2)11-15/h3-4,8,10-11,14H,5-7,9,12H2,1-2H3,(H,20,24)/t14-/m0/s1. The minimum Gasteiger partial charge on any atom is -0.371 e. The quantitative estimate of drug-likeness (QED) is 0.905. The molecule has 1 aliphatic rings. The molecule has 24 heavy (non-hydrogen) atoms. The van der Waals surface area contributed by atoms with Gasteiger partial charge in [-0.1, -0.05) is 17.7 Å². The topological polar surface area (TPSA) is 50.2 Å². The number of rotatable bonds is 5. The Hall–Kier alpha value is -2.01. The second kappa shape index (κ2) is 7.26. The molecule has 128 valence electrons. The van der Waals surface area contributed by atoms with Crippen molar-refractivity contribution in [2.24, 2.45) is 13.0 Å². The monoisotopic (exact) mass is 346 g/mol. The van der Waals surface area contributed by atoms with Crippen LogP contribution < -0.4 is 10.2 Å². The van der Waals surface area contributed by atoms with Gasteiger partial charge in [-0.15, -0.1) is 0 Å². The predicted octanol–water partition coefficient (Wildman–Crippen LogP) is 2.57. The van der Waals surface area contributed by atoms with E-state index >= 15 is 0 Å². The van der Waals surface area contributed by atoms with Crippen LogP contribution in [-0.2, 0) is 18.3 Å². The Morgan fingerprint density at radius 3 is 3.04 bits per heavy atom. The summed E-state index contributed by atoms with van der Waals surface area (Å²) in [7, 11) is 1.85. The first-order valence-electron chi connectivity index (χ1n) is 8.26. The van der Waals surface area contributed by atoms with Crippen LogP contribution in [0.1, 0.15) is 17.5 Å². The van der Waals surface area contributed by atoms with Gasteiger partial charge in [-0.2, -0.15) is 5.10 Å². The van der Waals surface area contributed by atoms with E-state index in [4.69, 9.17) is 11.6 Å². The molecule has 1 aromatic carbocycles. The third kappa shape index (κ3) is 4.09. The van der Waals surface area contributed by atoms with E-state index in [1.807, 2.05) is 25.4 Å². The van der Waals surface area contributed by atoms with Crippen LogP contribution in [-0.4, -0.2) is 35.3 Å². The number of benzene rings is 1. The molecule has 0 saturated carbocycles. The molecule has 3 rings (SSSR count). The Morgan fingerprint density at radius 1 is 1.46 bits per heavy atom. The van der Waals surface area contributed by atoms with Crippen molar-refractivity contribution in [1.29, 1.82) is 0 Å². The normalized spacial score (nSPS) is 17.3. The first-order valence-corrected chi connectivity index (χ1v) is 8.64. The average molecular weight is 347 g/mol. The maximum Gasteiger partial charge on any atom is 0.224 e. The van der Waals surface area contributed by atoms with Gasteiger partial charge in [0.1, 0.15) is 0 Å². The van der Waals surface area contributed by atoms with Gasteiger partial charge in [0.05, 0.1) is 12.6 Å². The fourth-order valence-corrected chi connectivity index (χ4v) is 3.38. The van der Waals surface area contributed by atoms with Crippen molar-refractivity contribution in [2.45, 2.75) is 19.8 Å². The van der Waals surface area contributed by atoms with Crippen molar-refractivity contribution >= 4 is 23.2 Å². The molecule has 1 saturated heterocycles. The van der Waals surface area contributed by atoms with E-state index < -0.39 is 0 Å². The van der Waals surface area contributed by atoms with Crippen LogP contribution in [0.4, 0.5) is 5.69 Å². The molecule has 1 N–H and O–H groups in total. The molecule has 1 atom stereocenters. The summed E-state index contributed by atoms with van der Waals surface area (Å²) in [5.74, 6) is 0.529. The number of nitrogens with one attached hydrogen (secondary N) is 1. The van der Waals surface area contributed by atoms with Gasteiger partial charge in [-0.25, -0.2) is 0 Å². The summed E-state index contributed by atoms with van der Waals surface area (Å²) < 4.78 is 1.71. The first-order chi connectivity index (χ1) is 11.5. The van der Waals surface area contributed by atoms with Crippen LogP contribution in [0.5, 0.6) is 0 Å². The first kappa shape index (κ1) is 16.8. The number of halogens is 1. The van der Waals surface area contributed by atoms with Crippen molar-refractivity contribution in [3.8, 4) is 0 Å². The van der Waals surface area contributed by atoms with Crippen LogP contribution in [0.25, 0.3) is 0 Å². The van der Waals surface area contributed by atoms with Gasteiger partial charge >= 0.3 is 0 Å². The van der Waals surface area contributed by atoms with E-state index in [9.17, 15) is 4.79 Å². The molecule has 0 spiro atoms. The van der Waals surface area contributed by atoms with E-state index in [1.165, 1.54) is 11.3 Å². The Morgan fingerprint density at radius 2 is 2.29 bits per heavy atom. The number of aromatic nitrogens is 2. The van der Waals surface area contributed by atoms with Gasteiger partial charge in [-0.05, 0) is 42.5 Å². The maximum atomic E-state index is 12.0. The van der Waals surface area contributed by atoms with Crippen LogP contribution in [0.2, 0.25) is 5.02 Å². The highest BCUT2D eigenvalue weighted by molar-refractivity contribution is 6.30. The van der Waals surface area contributed by atoms with Gasteiger partial charge in [0, 0.05) is 43.6 Å². The molecular formula is C18H23ClN4O. The molecule has 1 aromatic heterocycles. The molecule has 5 nitrogen and oxygen atoms in total. The highest BCUT2D eigenvalue weighted by atomic mass is 35.5. The minimum atomic E-state index is 0.0559. The lowest BCUT2D eigenvalue weighted by Crippen LogP contribution is -2.32. The lowest BCUT2D eigenvalue weighted by atomic mass is 10.1. The third-order valence-electron chi connectivity index (χ3n) is 4.51. The number of carbonyl (C=O) groups excluding carboxylic acids is 1. The highest BCUT2D eigenvalue weighted by Gasteiger charge is 2.24. The molecule has 0 radical (unpaired) electrons. The Bertz CT molecular complexity index is 728. The average Bonchev–Trinajstić information content (AvgIpc) is 3.17. The molecule has 0 bridgehead atoms. The zero-order valence-electron chi connectivity index (χ0n) is 14.1. The fraction of sp³-hybridized carbons (Fsp3) is 0.444. The Kier molecular flexibility index (Phi) is 5.09. The van der Waals surface area contributed by atoms with E-state index in [1.54, 1.807) is 10.9 Å². The molecule has 2 aromatic rings. The summed E-state index contributed by atoms with van der Waals surface area (Å²) >= 11 is 6.12. The van der Waals surface area contributed by atoms with E-state index in [-0.39, 0.29) is 5.91 Å². The second-order valence-corrected chi connectivity index (χ2v) is 6.97. The smallest absolute Gasteiger partial charge is 0.224 e. The van der Waals surface area contributed by atoms with Crippen molar-refractivity contribution in [3.63, 3.8) is 0 Å². The number of nitrogens with zero attached hydrogens (tertiary/aromatic N) is 3. The van der Waals surface area contributed by atoms with E-state index in [2.05, 4.69) is 28.3 Å². The molecule has 2 heterocycles. The fourth-order valence-electron chi connectivity index (χ4n) is 3.21. The number of anilines is 1. The SMILES string of the molecule is Cc1ccc(Cl)cc1N1CC[C@@H](CNC(=O)Cc2cnn(C)c2)C1. The van der Waals surface area contributed by atoms with Crippen molar-refractivity contribution in [3.05, 3.63) is 46.7 Å². The lowest BCUT2D eigenvalue weighted by molar-refractivity contribution is -0.120. The molecular weight excluding hydrogens is 324 g/mol. The van der Waals surface area contributed by atoms with Gasteiger partial charge < -0.3 is 10.2 Å². The van der Waals surface area contributed by atoms with E-state index in [0.29, 0.717) is 12.3 Å². The Labute approximate surface area is 147 Å². The van der Waals surface area contributed by atoms with E-state index in [0.717, 1.165) is 36.6 Å². The summed E-state index contributed by atoms with van der Waals surface area (Å²) in [6, 6.07) is 6.01. The summed E-state index contributed by atoms with van der Waals surface area (Å²) in [6.45, 7) is 4.78. The van der Waals surface area contributed by atoms with Gasteiger partial charge in [0.15, 0.2) is 0 Å². The van der Waals surface area contributed by atoms with Crippen LogP contribution in [0.3, 0.4) is 0 Å². The number of aryl methyl sites for hydroxylation is 2. The van der Waals surface area contributed by atoms with Crippen LogP contribution in [0.15, 0.2) is 30.6 Å². The maximum absolute atomic E-state index is 12.0. The molecule has 1 aliphatic heterocycles. The lowest BCUT2D eigenvalue weighted by Gasteiger charge is -2.21. The van der Waals surface area contributed by atoms with Crippen molar-refractivity contribution in [1.82, 2.24) is 15.1 Å². The number of amides is 1. The summed E-state index contributed by atoms with van der Waals surface area (Å²) in [6.07, 6.45) is 5.08. The van der Waals surface area contributed by atoms with Gasteiger partial charge in [0.2, 0.25) is 5.91 Å². The molecule has 6 heteroatoms. The van der Waals surface area contributed by atoms with Gasteiger partial charge in [0.25, 0.3) is 0 Å². The number of carbonyl (C=O) groups is 1. The van der Waals surface area contributed by atoms with Crippen LogP contribution >= 0.6 is 11.6 Å². The number of hydrogen-bond acceptors (Lipinski definition) is 3. The molecule has 0 aliphatic carbocycles. The van der Waals surface area contributed by atoms with Crippen LogP contribution in [0, 0.1) is 12.8 Å². The van der Waals surface area contributed by atoms with Crippen molar-refractivity contribution < 1.29 is 4.79 Å². The zero-order chi connectivity index (χ0) is 17.1. The predicted molar refractivity (Wildman–Crippen MR) is 96.4 cm³/mol. The minimum absolute atomic E-state index is 0.0559. The summed E-state index contributed by atoms with van der Waals surface area (Å²) in [5, 5.41) is 7.90. The van der Waals surface area contributed by atoms with Crippen molar-refractivity contribution in [2.75, 3.05) is 24.5 Å². The third-order valence-corrected chi connectivity index (χ3v) is 4.74. The summed E-state index contributed by atoms with van der Waals surface area (Å²) in [4.78, 5) is 14.4. The molecule has 0 unspecified atom stereocenters. The zero-order valence-corrected chi connectivity index (χ0v) is 14.9. The second-order valence-electron chi connectivity index (χ2n) is 6.53. The molecule has 1 amide bonds.